The van der Waals surface area contributed by atoms with Gasteiger partial charge in [-0.2, -0.15) is 0 Å². The van der Waals surface area contributed by atoms with Crippen molar-refractivity contribution in [1.29, 1.82) is 0 Å². The molecule has 0 saturated carbocycles. The first-order valence-electron chi connectivity index (χ1n) is 36.6. The Bertz CT molecular complexity index is 1250. The number of carbonyl (C=O) groups excluding carboxylic acids is 2. The number of allylic oxidation sites excluding steroid dienone is 3. The van der Waals surface area contributed by atoms with Crippen molar-refractivity contribution < 1.29 is 24.5 Å². The van der Waals surface area contributed by atoms with E-state index in [1.54, 1.807) is 6.08 Å². The lowest BCUT2D eigenvalue weighted by Gasteiger charge is -2.20. The minimum absolute atomic E-state index is 0.00822. The topological polar surface area (TPSA) is 95.9 Å². The zero-order chi connectivity index (χ0) is 57.8. The minimum Gasteiger partial charge on any atom is -0.466 e. The maximum absolute atomic E-state index is 12.5. The molecule has 0 fully saturated rings. The molecule has 0 aliphatic rings. The van der Waals surface area contributed by atoms with Gasteiger partial charge in [-0.05, 0) is 57.8 Å². The van der Waals surface area contributed by atoms with Crippen LogP contribution in [0.4, 0.5) is 0 Å². The molecule has 2 unspecified atom stereocenters. The number of aliphatic hydroxyl groups is 2. The molecule has 474 valence electrons. The van der Waals surface area contributed by atoms with Crippen LogP contribution < -0.4 is 5.32 Å². The van der Waals surface area contributed by atoms with Crippen LogP contribution in [0.25, 0.3) is 0 Å². The van der Waals surface area contributed by atoms with E-state index in [9.17, 15) is 19.8 Å². The molecule has 1 amide bonds. The second kappa shape index (κ2) is 69.8. The van der Waals surface area contributed by atoms with Crippen LogP contribution in [0.1, 0.15) is 412 Å². The predicted molar refractivity (Wildman–Crippen MR) is 352 cm³/mol. The Morgan fingerprint density at radius 1 is 0.338 bits per heavy atom. The smallest absolute Gasteiger partial charge is 0.305 e. The van der Waals surface area contributed by atoms with Crippen LogP contribution in [0.2, 0.25) is 0 Å². The van der Waals surface area contributed by atoms with E-state index in [1.807, 2.05) is 6.08 Å². The summed E-state index contributed by atoms with van der Waals surface area (Å²) < 4.78 is 5.50. The largest absolute Gasteiger partial charge is 0.466 e. The van der Waals surface area contributed by atoms with Gasteiger partial charge in [-0.1, -0.05) is 366 Å². The number of amides is 1. The number of hydrogen-bond acceptors (Lipinski definition) is 5. The van der Waals surface area contributed by atoms with E-state index in [0.717, 1.165) is 44.9 Å². The Balaban J connectivity index is 3.41. The second-order valence-corrected chi connectivity index (χ2v) is 25.3. The first-order valence-corrected chi connectivity index (χ1v) is 36.6. The summed E-state index contributed by atoms with van der Waals surface area (Å²) in [6.07, 6.45) is 88.3. The van der Waals surface area contributed by atoms with Crippen LogP contribution in [0.3, 0.4) is 0 Å². The lowest BCUT2D eigenvalue weighted by Crippen LogP contribution is -2.45. The Labute approximate surface area is 501 Å². The van der Waals surface area contributed by atoms with Crippen LogP contribution in [0.15, 0.2) is 24.3 Å². The van der Waals surface area contributed by atoms with Gasteiger partial charge >= 0.3 is 5.97 Å². The quantitative estimate of drug-likeness (QED) is 0.0320. The van der Waals surface area contributed by atoms with Crippen molar-refractivity contribution >= 4 is 11.9 Å². The number of carbonyl (C=O) groups is 2. The Hall–Kier alpha value is -1.66. The summed E-state index contributed by atoms with van der Waals surface area (Å²) in [5.41, 5.74) is 0. The van der Waals surface area contributed by atoms with Crippen LogP contribution >= 0.6 is 0 Å². The molecule has 0 spiro atoms. The van der Waals surface area contributed by atoms with Gasteiger partial charge in [0.2, 0.25) is 5.91 Å². The van der Waals surface area contributed by atoms with E-state index in [1.165, 1.54) is 340 Å². The number of hydrogen-bond donors (Lipinski definition) is 3. The van der Waals surface area contributed by atoms with E-state index in [2.05, 4.69) is 31.3 Å². The predicted octanol–water partition coefficient (Wildman–Crippen LogP) is 23.7. The molecule has 0 aromatic heterocycles. The molecule has 6 heteroatoms. The van der Waals surface area contributed by atoms with Gasteiger partial charge in [0.25, 0.3) is 0 Å². The second-order valence-electron chi connectivity index (χ2n) is 25.3. The SMILES string of the molecule is CCCCCCCCC/C=C\CCCCCCCCCC(=O)OCCCCCCCCCCCCCCCCCCCCCCC(=O)NC(CO)C(O)/C=C/CCCCCCCCCCCCCCCCCCCCCCCCC. The average molecular weight is 1130 g/mol. The van der Waals surface area contributed by atoms with Gasteiger partial charge in [-0.3, -0.25) is 9.59 Å². The molecule has 0 rings (SSSR count). The summed E-state index contributed by atoms with van der Waals surface area (Å²) in [5.74, 6) is -0.0568. The third-order valence-corrected chi connectivity index (χ3v) is 17.2. The van der Waals surface area contributed by atoms with Gasteiger partial charge in [0.15, 0.2) is 0 Å². The van der Waals surface area contributed by atoms with Crippen molar-refractivity contribution in [2.75, 3.05) is 13.2 Å². The van der Waals surface area contributed by atoms with Crippen LogP contribution in [0.5, 0.6) is 0 Å². The summed E-state index contributed by atoms with van der Waals surface area (Å²) in [6, 6.07) is -0.631. The fraction of sp³-hybridized carbons (Fsp3) is 0.919. The van der Waals surface area contributed by atoms with Crippen LogP contribution in [0, 0.1) is 0 Å². The van der Waals surface area contributed by atoms with Gasteiger partial charge < -0.3 is 20.3 Å². The molecule has 0 aromatic carbocycles. The molecule has 0 heterocycles. The number of nitrogens with one attached hydrogen (secondary N) is 1. The fourth-order valence-corrected chi connectivity index (χ4v) is 11.6. The van der Waals surface area contributed by atoms with E-state index < -0.39 is 12.1 Å². The Morgan fingerprint density at radius 3 is 0.887 bits per heavy atom. The lowest BCUT2D eigenvalue weighted by molar-refractivity contribution is -0.143. The van der Waals surface area contributed by atoms with Gasteiger partial charge in [0.1, 0.15) is 0 Å². The molecule has 0 aromatic rings. The molecular formula is C74H143NO5. The molecule has 80 heavy (non-hydrogen) atoms. The number of esters is 1. The Morgan fingerprint density at radius 2 is 0.588 bits per heavy atom. The van der Waals surface area contributed by atoms with Crippen molar-refractivity contribution in [2.45, 2.75) is 424 Å². The summed E-state index contributed by atoms with van der Waals surface area (Å²) in [5, 5.41) is 23.3. The normalized spacial score (nSPS) is 12.6. The molecule has 0 aliphatic heterocycles. The molecule has 3 N–H and O–H groups in total. The van der Waals surface area contributed by atoms with Crippen molar-refractivity contribution in [3.05, 3.63) is 24.3 Å². The average Bonchev–Trinajstić information content (AvgIpc) is 3.46. The van der Waals surface area contributed by atoms with Crippen molar-refractivity contribution in [1.82, 2.24) is 5.32 Å². The highest BCUT2D eigenvalue weighted by Crippen LogP contribution is 2.19. The van der Waals surface area contributed by atoms with Gasteiger partial charge in [0.05, 0.1) is 25.4 Å². The highest BCUT2D eigenvalue weighted by atomic mass is 16.5. The summed E-state index contributed by atoms with van der Waals surface area (Å²) in [6.45, 7) is 4.94. The number of aliphatic hydroxyl groups excluding tert-OH is 2. The van der Waals surface area contributed by atoms with Gasteiger partial charge in [-0.25, -0.2) is 0 Å². The zero-order valence-corrected chi connectivity index (χ0v) is 54.3. The standard InChI is InChI=1S/C74H143NO5/c1-3-5-7-9-11-13-15-17-19-21-23-24-25-26-27-28-31-34-38-42-46-50-54-58-62-66-72(77)71(70-76)75-73(78)67-63-59-55-51-47-43-39-35-32-29-30-33-37-41-45-49-53-57-61-65-69-80-74(79)68-64-60-56-52-48-44-40-36-22-20-18-16-14-12-10-8-6-4-2/h20,22,62,66,71-72,76-77H,3-19,21,23-61,63-65,67-70H2,1-2H3,(H,75,78)/b22-20-,66-62+. The van der Waals surface area contributed by atoms with Crippen molar-refractivity contribution in [3.8, 4) is 0 Å². The monoisotopic (exact) mass is 1130 g/mol. The van der Waals surface area contributed by atoms with E-state index >= 15 is 0 Å². The molecule has 6 nitrogen and oxygen atoms in total. The Kier molecular flexibility index (Phi) is 68.4. The molecule has 2 atom stereocenters. The first kappa shape index (κ1) is 78.3. The number of rotatable bonds is 69. The molecule has 0 radical (unpaired) electrons. The zero-order valence-electron chi connectivity index (χ0n) is 54.3. The molecule has 0 aliphatic carbocycles. The molecular weight excluding hydrogens is 983 g/mol. The third-order valence-electron chi connectivity index (χ3n) is 17.2. The number of ether oxygens (including phenoxy) is 1. The highest BCUT2D eigenvalue weighted by Gasteiger charge is 2.18. The van der Waals surface area contributed by atoms with E-state index in [-0.39, 0.29) is 18.5 Å². The van der Waals surface area contributed by atoms with Gasteiger partial charge in [0, 0.05) is 12.8 Å². The molecule has 0 bridgehead atoms. The maximum atomic E-state index is 12.5. The number of unbranched alkanes of at least 4 members (excludes halogenated alkanes) is 56. The molecule has 0 saturated heterocycles. The van der Waals surface area contributed by atoms with Gasteiger partial charge in [-0.15, -0.1) is 0 Å². The first-order chi connectivity index (χ1) is 39.5. The fourth-order valence-electron chi connectivity index (χ4n) is 11.6. The summed E-state index contributed by atoms with van der Waals surface area (Å²) >= 11 is 0. The van der Waals surface area contributed by atoms with Crippen molar-refractivity contribution in [3.63, 3.8) is 0 Å². The summed E-state index contributed by atoms with van der Waals surface area (Å²) in [4.78, 5) is 24.7. The van der Waals surface area contributed by atoms with E-state index in [0.29, 0.717) is 19.4 Å². The lowest BCUT2D eigenvalue weighted by atomic mass is 10.0. The van der Waals surface area contributed by atoms with Crippen LogP contribution in [-0.4, -0.2) is 47.4 Å². The highest BCUT2D eigenvalue weighted by molar-refractivity contribution is 5.76. The third kappa shape index (κ3) is 65.5. The minimum atomic E-state index is -0.848. The summed E-state index contributed by atoms with van der Waals surface area (Å²) in [7, 11) is 0. The van der Waals surface area contributed by atoms with E-state index in [4.69, 9.17) is 4.74 Å². The van der Waals surface area contributed by atoms with Crippen molar-refractivity contribution in [2.24, 2.45) is 0 Å². The maximum Gasteiger partial charge on any atom is 0.305 e. The van der Waals surface area contributed by atoms with Crippen LogP contribution in [-0.2, 0) is 14.3 Å².